The molecule has 1 fully saturated rings. The lowest BCUT2D eigenvalue weighted by molar-refractivity contribution is 0.00738. The minimum absolute atomic E-state index is 0.196. The highest BCUT2D eigenvalue weighted by Crippen LogP contribution is 2.25. The van der Waals surface area contributed by atoms with Gasteiger partial charge in [0.2, 0.25) is 10.0 Å². The molecule has 2 heterocycles. The second kappa shape index (κ2) is 6.51. The Bertz CT molecular complexity index is 945. The summed E-state index contributed by atoms with van der Waals surface area (Å²) in [5.74, 6) is 0. The van der Waals surface area contributed by atoms with Gasteiger partial charge in [-0.25, -0.2) is 17.9 Å². The van der Waals surface area contributed by atoms with Crippen molar-refractivity contribution in [2.75, 3.05) is 13.1 Å². The van der Waals surface area contributed by atoms with Crippen LogP contribution in [-0.4, -0.2) is 49.1 Å². The lowest BCUT2D eigenvalue weighted by Crippen LogP contribution is -2.61. The Morgan fingerprint density at radius 3 is 2.62 bits per heavy atom. The van der Waals surface area contributed by atoms with Gasteiger partial charge in [0.15, 0.2) is 0 Å². The van der Waals surface area contributed by atoms with Crippen molar-refractivity contribution in [3.8, 4) is 0 Å². The molecular weight excluding hydrogens is 354 g/mol. The molecule has 1 saturated heterocycles. The SMILES string of the molecule is Cc1ccc(S(=O)(=O)NC2CN(C(=O)OC(C)(C)C)C2)c2cccnc12. The van der Waals surface area contributed by atoms with Gasteiger partial charge in [-0.15, -0.1) is 0 Å². The zero-order valence-corrected chi connectivity index (χ0v) is 16.1. The van der Waals surface area contributed by atoms with Crippen LogP contribution in [0.4, 0.5) is 4.79 Å². The van der Waals surface area contributed by atoms with Gasteiger partial charge < -0.3 is 9.64 Å². The molecule has 2 aromatic rings. The molecule has 0 aliphatic carbocycles. The summed E-state index contributed by atoms with van der Waals surface area (Å²) < 4.78 is 33.5. The predicted octanol–water partition coefficient (Wildman–Crippen LogP) is 2.44. The first-order valence-corrected chi connectivity index (χ1v) is 9.90. The molecule has 26 heavy (non-hydrogen) atoms. The molecule has 0 atom stereocenters. The lowest BCUT2D eigenvalue weighted by Gasteiger charge is -2.39. The molecule has 3 rings (SSSR count). The Hall–Kier alpha value is -2.19. The molecule has 1 aromatic heterocycles. The number of aromatic nitrogens is 1. The molecule has 1 aromatic carbocycles. The number of ether oxygens (including phenoxy) is 1. The molecule has 0 radical (unpaired) electrons. The van der Waals surface area contributed by atoms with Gasteiger partial charge in [-0.05, 0) is 51.5 Å². The Balaban J connectivity index is 1.72. The Morgan fingerprint density at radius 2 is 1.96 bits per heavy atom. The van der Waals surface area contributed by atoms with Gasteiger partial charge in [-0.3, -0.25) is 4.98 Å². The normalized spacial score (nSPS) is 15.8. The maximum atomic E-state index is 12.8. The standard InChI is InChI=1S/C18H23N3O4S/c1-12-7-8-15(14-6-5-9-19-16(12)14)26(23,24)20-13-10-21(11-13)17(22)25-18(2,3)4/h5-9,13,20H,10-11H2,1-4H3. The third kappa shape index (κ3) is 3.81. The number of rotatable bonds is 3. The molecule has 0 saturated carbocycles. The fourth-order valence-electron chi connectivity index (χ4n) is 2.83. The van der Waals surface area contributed by atoms with Crippen LogP contribution in [-0.2, 0) is 14.8 Å². The summed E-state index contributed by atoms with van der Waals surface area (Å²) in [5, 5.41) is 0.586. The minimum Gasteiger partial charge on any atom is -0.444 e. The van der Waals surface area contributed by atoms with E-state index in [2.05, 4.69) is 9.71 Å². The zero-order valence-electron chi connectivity index (χ0n) is 15.3. The van der Waals surface area contributed by atoms with Crippen LogP contribution in [0.15, 0.2) is 35.4 Å². The molecule has 1 aliphatic rings. The molecule has 1 amide bonds. The average molecular weight is 377 g/mol. The Labute approximate surface area is 153 Å². The van der Waals surface area contributed by atoms with E-state index in [0.29, 0.717) is 10.9 Å². The first kappa shape index (κ1) is 18.6. The van der Waals surface area contributed by atoms with Crippen molar-refractivity contribution in [2.45, 2.75) is 44.2 Å². The summed E-state index contributed by atoms with van der Waals surface area (Å²) in [6.45, 7) is 7.85. The molecule has 140 valence electrons. The summed E-state index contributed by atoms with van der Waals surface area (Å²) in [4.78, 5) is 17.9. The van der Waals surface area contributed by atoms with Crippen LogP contribution in [0, 0.1) is 6.92 Å². The topological polar surface area (TPSA) is 88.6 Å². The minimum atomic E-state index is -3.72. The van der Waals surface area contributed by atoms with E-state index in [1.54, 1.807) is 51.2 Å². The highest BCUT2D eigenvalue weighted by molar-refractivity contribution is 7.89. The highest BCUT2D eigenvalue weighted by Gasteiger charge is 2.36. The number of nitrogens with zero attached hydrogens (tertiary/aromatic N) is 2. The third-order valence-corrected chi connectivity index (χ3v) is 5.65. The first-order chi connectivity index (χ1) is 12.1. The molecule has 7 nitrogen and oxygen atoms in total. The molecule has 0 bridgehead atoms. The molecule has 0 spiro atoms. The number of benzene rings is 1. The van der Waals surface area contributed by atoms with Gasteiger partial charge in [0.1, 0.15) is 5.60 Å². The van der Waals surface area contributed by atoms with Crippen LogP contribution in [0.1, 0.15) is 26.3 Å². The summed E-state index contributed by atoms with van der Waals surface area (Å²) in [5.41, 5.74) is 1.01. The second-order valence-corrected chi connectivity index (χ2v) is 9.17. The molecule has 1 N–H and O–H groups in total. The fraction of sp³-hybridized carbons (Fsp3) is 0.444. The quantitative estimate of drug-likeness (QED) is 0.887. The van der Waals surface area contributed by atoms with Crippen LogP contribution in [0.3, 0.4) is 0 Å². The third-order valence-electron chi connectivity index (χ3n) is 4.08. The molecule has 0 unspecified atom stereocenters. The fourth-order valence-corrected chi connectivity index (χ4v) is 4.25. The second-order valence-electron chi connectivity index (χ2n) is 7.48. The van der Waals surface area contributed by atoms with Gasteiger partial charge in [0, 0.05) is 24.7 Å². The van der Waals surface area contributed by atoms with Crippen LogP contribution in [0.5, 0.6) is 0 Å². The van der Waals surface area contributed by atoms with Crippen LogP contribution >= 0.6 is 0 Å². The highest BCUT2D eigenvalue weighted by atomic mass is 32.2. The number of hydrogen-bond donors (Lipinski definition) is 1. The van der Waals surface area contributed by atoms with E-state index in [9.17, 15) is 13.2 Å². The maximum absolute atomic E-state index is 12.8. The monoisotopic (exact) mass is 377 g/mol. The van der Waals surface area contributed by atoms with Gasteiger partial charge in [-0.2, -0.15) is 0 Å². The number of carbonyl (C=O) groups is 1. The summed E-state index contributed by atoms with van der Waals surface area (Å²) in [7, 11) is -3.72. The van der Waals surface area contributed by atoms with Gasteiger partial charge in [-0.1, -0.05) is 6.07 Å². The van der Waals surface area contributed by atoms with E-state index in [-0.39, 0.29) is 24.0 Å². The molecule has 8 heteroatoms. The van der Waals surface area contributed by atoms with Crippen molar-refractivity contribution in [3.63, 3.8) is 0 Å². The zero-order chi connectivity index (χ0) is 19.1. The van der Waals surface area contributed by atoms with Crippen LogP contribution in [0.2, 0.25) is 0 Å². The summed E-state index contributed by atoms with van der Waals surface area (Å²) >= 11 is 0. The van der Waals surface area contributed by atoms with Crippen molar-refractivity contribution in [1.29, 1.82) is 0 Å². The number of pyridine rings is 1. The lowest BCUT2D eigenvalue weighted by atomic mass is 10.1. The van der Waals surface area contributed by atoms with Crippen molar-refractivity contribution >= 4 is 27.0 Å². The summed E-state index contributed by atoms with van der Waals surface area (Å²) in [6, 6.07) is 6.47. The number of hydrogen-bond acceptors (Lipinski definition) is 5. The molecular formula is C18H23N3O4S. The number of amides is 1. The Morgan fingerprint density at radius 1 is 1.27 bits per heavy atom. The number of carbonyl (C=O) groups excluding carboxylic acids is 1. The van der Waals surface area contributed by atoms with Crippen LogP contribution < -0.4 is 4.72 Å². The molecule has 1 aliphatic heterocycles. The van der Waals surface area contributed by atoms with E-state index in [0.717, 1.165) is 5.56 Å². The number of sulfonamides is 1. The van der Waals surface area contributed by atoms with Crippen molar-refractivity contribution in [2.24, 2.45) is 0 Å². The van der Waals surface area contributed by atoms with Gasteiger partial charge in [0.25, 0.3) is 0 Å². The van der Waals surface area contributed by atoms with E-state index >= 15 is 0 Å². The van der Waals surface area contributed by atoms with E-state index in [1.165, 1.54) is 4.90 Å². The van der Waals surface area contributed by atoms with Gasteiger partial charge >= 0.3 is 6.09 Å². The first-order valence-electron chi connectivity index (χ1n) is 8.41. The number of nitrogens with one attached hydrogen (secondary N) is 1. The largest absolute Gasteiger partial charge is 0.444 e. The van der Waals surface area contributed by atoms with E-state index in [4.69, 9.17) is 4.74 Å². The predicted molar refractivity (Wildman–Crippen MR) is 98.4 cm³/mol. The van der Waals surface area contributed by atoms with Gasteiger partial charge in [0.05, 0.1) is 16.5 Å². The van der Waals surface area contributed by atoms with Crippen molar-refractivity contribution in [3.05, 3.63) is 36.0 Å². The van der Waals surface area contributed by atoms with Crippen molar-refractivity contribution < 1.29 is 17.9 Å². The summed E-state index contributed by atoms with van der Waals surface area (Å²) in [6.07, 6.45) is 1.21. The van der Waals surface area contributed by atoms with E-state index in [1.807, 2.05) is 6.92 Å². The van der Waals surface area contributed by atoms with Crippen LogP contribution in [0.25, 0.3) is 10.9 Å². The number of fused-ring (bicyclic) bond motifs is 1. The smallest absolute Gasteiger partial charge is 0.410 e. The van der Waals surface area contributed by atoms with Crippen molar-refractivity contribution in [1.82, 2.24) is 14.6 Å². The maximum Gasteiger partial charge on any atom is 0.410 e. The average Bonchev–Trinajstić information content (AvgIpc) is 2.49. The number of likely N-dealkylation sites (tertiary alicyclic amines) is 1. The Kier molecular flexibility index (Phi) is 4.66. The number of aryl methyl sites for hydroxylation is 1. The van der Waals surface area contributed by atoms with E-state index < -0.39 is 21.7 Å².